The third kappa shape index (κ3) is 15.7. The quantitative estimate of drug-likeness (QED) is 0.0801. The molecule has 0 unspecified atom stereocenters. The van der Waals surface area contributed by atoms with Crippen LogP contribution in [0.25, 0.3) is 22.5 Å². The number of tetrazole rings is 1. The van der Waals surface area contributed by atoms with Crippen molar-refractivity contribution in [3.8, 4) is 22.5 Å². The first-order valence-electron chi connectivity index (χ1n) is 21.5. The first kappa shape index (κ1) is 51.4. The van der Waals surface area contributed by atoms with Gasteiger partial charge in [-0.2, -0.15) is 18.4 Å². The average molecular weight is 909 g/mol. The second kappa shape index (κ2) is 23.6. The lowest BCUT2D eigenvalue weighted by molar-refractivity contribution is -0.192. The van der Waals surface area contributed by atoms with Gasteiger partial charge in [-0.3, -0.25) is 14.4 Å². The van der Waals surface area contributed by atoms with E-state index < -0.39 is 41.7 Å². The van der Waals surface area contributed by atoms with Crippen molar-refractivity contribution in [3.05, 3.63) is 77.6 Å². The van der Waals surface area contributed by atoms with E-state index in [1.807, 2.05) is 58.0 Å². The van der Waals surface area contributed by atoms with Crippen molar-refractivity contribution >= 4 is 35.5 Å². The number of pyridine rings is 1. The molecule has 0 spiro atoms. The van der Waals surface area contributed by atoms with Gasteiger partial charge in [0.1, 0.15) is 11.3 Å². The molecule has 1 atom stereocenters. The molecule has 17 nitrogen and oxygen atoms in total. The fraction of sp³-hybridized carbons (Fsp3) is 0.489. The second-order valence-electron chi connectivity index (χ2n) is 16.7. The molecule has 1 saturated carbocycles. The number of carbonyl (C=O) groups excluding carboxylic acids is 4. The summed E-state index contributed by atoms with van der Waals surface area (Å²) < 4.78 is 37.1. The van der Waals surface area contributed by atoms with Crippen molar-refractivity contribution in [2.45, 2.75) is 97.9 Å². The van der Waals surface area contributed by atoms with Gasteiger partial charge in [0.2, 0.25) is 11.7 Å². The number of aromatic amines is 1. The number of carboxylic acids is 1. The number of hydrogen-bond donors (Lipinski definition) is 5. The smallest absolute Gasteiger partial charge is 0.475 e. The minimum Gasteiger partial charge on any atom is -0.475 e. The minimum absolute atomic E-state index is 0.190. The molecule has 5 rings (SSSR count). The lowest BCUT2D eigenvalue weighted by Crippen LogP contribution is -2.50. The number of nitrogens with one attached hydrogen (secondary N) is 3. The number of aliphatic carboxylic acids is 1. The number of aromatic nitrogens is 5. The number of anilines is 1. The summed E-state index contributed by atoms with van der Waals surface area (Å²) >= 11 is 0. The molecule has 4 amide bonds. The summed E-state index contributed by atoms with van der Waals surface area (Å²) in [5.74, 6) is -3.57. The molecule has 2 aromatic heterocycles. The summed E-state index contributed by atoms with van der Waals surface area (Å²) in [7, 11) is 0. The van der Waals surface area contributed by atoms with Gasteiger partial charge in [0.25, 0.3) is 11.8 Å². The maximum Gasteiger partial charge on any atom is 0.490 e. The van der Waals surface area contributed by atoms with Gasteiger partial charge in [0, 0.05) is 35.8 Å². The monoisotopic (exact) mass is 908 g/mol. The number of carbonyl (C=O) groups is 5. The lowest BCUT2D eigenvalue weighted by Gasteiger charge is -2.32. The Bertz CT molecular complexity index is 2190. The van der Waals surface area contributed by atoms with Crippen LogP contribution in [0.1, 0.15) is 88.5 Å². The van der Waals surface area contributed by atoms with Gasteiger partial charge >= 0.3 is 18.2 Å². The first-order valence-corrected chi connectivity index (χ1v) is 21.5. The molecule has 65 heavy (non-hydrogen) atoms. The summed E-state index contributed by atoms with van der Waals surface area (Å²) in [6, 6.07) is 17.2. The number of aryl methyl sites for hydroxylation is 1. The van der Waals surface area contributed by atoms with Crippen LogP contribution in [-0.2, 0) is 25.5 Å². The van der Waals surface area contributed by atoms with Crippen molar-refractivity contribution in [1.82, 2.24) is 41.1 Å². The predicted octanol–water partition coefficient (Wildman–Crippen LogP) is 6.09. The highest BCUT2D eigenvalue weighted by atomic mass is 19.4. The van der Waals surface area contributed by atoms with Gasteiger partial charge in [0.05, 0.1) is 11.7 Å². The molecule has 0 radical (unpaired) electrons. The molecular weight excluding hydrogens is 850 g/mol. The number of carboxylic acid groups (broad SMARTS) is 1. The largest absolute Gasteiger partial charge is 0.490 e. The Kier molecular flexibility index (Phi) is 18.6. The van der Waals surface area contributed by atoms with Gasteiger partial charge in [-0.1, -0.05) is 44.2 Å². The number of halogens is 3. The van der Waals surface area contributed by atoms with E-state index in [2.05, 4.69) is 55.0 Å². The zero-order valence-corrected chi connectivity index (χ0v) is 37.6. The maximum absolute atomic E-state index is 14.2. The fourth-order valence-electron chi connectivity index (χ4n) is 7.20. The van der Waals surface area contributed by atoms with Crippen molar-refractivity contribution < 1.29 is 47.0 Å². The number of nitrogens with two attached hydrogens (primary N) is 1. The molecule has 2 aromatic carbocycles. The highest BCUT2D eigenvalue weighted by Crippen LogP contribution is 2.32. The Morgan fingerprint density at radius 1 is 0.908 bits per heavy atom. The van der Waals surface area contributed by atoms with E-state index in [0.717, 1.165) is 48.4 Å². The Morgan fingerprint density at radius 3 is 2.06 bits per heavy atom. The van der Waals surface area contributed by atoms with Crippen molar-refractivity contribution in [2.24, 2.45) is 17.6 Å². The molecule has 1 fully saturated rings. The van der Waals surface area contributed by atoms with Crippen LogP contribution < -0.4 is 21.3 Å². The van der Waals surface area contributed by atoms with Crippen LogP contribution in [0.3, 0.4) is 0 Å². The number of benzene rings is 2. The van der Waals surface area contributed by atoms with Crippen LogP contribution in [0, 0.1) is 18.8 Å². The number of ether oxygens (including phenoxy) is 1. The lowest BCUT2D eigenvalue weighted by atomic mass is 9.81. The third-order valence-electron chi connectivity index (χ3n) is 10.7. The van der Waals surface area contributed by atoms with Crippen LogP contribution in [0.2, 0.25) is 0 Å². The molecule has 6 N–H and O–H groups in total. The van der Waals surface area contributed by atoms with E-state index in [1.54, 1.807) is 30.3 Å². The van der Waals surface area contributed by atoms with Gasteiger partial charge in [0.15, 0.2) is 0 Å². The van der Waals surface area contributed by atoms with E-state index in [-0.39, 0.29) is 24.2 Å². The molecular formula is C45H59F3N10O7. The van der Waals surface area contributed by atoms with Gasteiger partial charge in [-0.25, -0.2) is 19.5 Å². The second-order valence-corrected chi connectivity index (χ2v) is 16.7. The van der Waals surface area contributed by atoms with Gasteiger partial charge in [-0.05, 0) is 138 Å². The third-order valence-corrected chi connectivity index (χ3v) is 10.7. The summed E-state index contributed by atoms with van der Waals surface area (Å²) in [5, 5.41) is 27.0. The highest BCUT2D eigenvalue weighted by molar-refractivity contribution is 6.17. The molecule has 4 aromatic rings. The summed E-state index contributed by atoms with van der Waals surface area (Å²) in [6.07, 6.45) is -1.91. The number of alkyl carbamates (subject to hydrolysis) is 1. The molecule has 1 aliphatic carbocycles. The Balaban J connectivity index is 0.00000122. The minimum atomic E-state index is -5.08. The predicted molar refractivity (Wildman–Crippen MR) is 236 cm³/mol. The average Bonchev–Trinajstić information content (AvgIpc) is 3.81. The molecule has 20 heteroatoms. The van der Waals surface area contributed by atoms with E-state index in [1.165, 1.54) is 4.90 Å². The zero-order valence-electron chi connectivity index (χ0n) is 37.6. The van der Waals surface area contributed by atoms with E-state index in [9.17, 15) is 32.3 Å². The first-order chi connectivity index (χ1) is 30.7. The normalized spacial score (nSPS) is 15.6. The van der Waals surface area contributed by atoms with E-state index in [4.69, 9.17) is 20.4 Å². The number of rotatable bonds is 16. The zero-order chi connectivity index (χ0) is 47.9. The van der Waals surface area contributed by atoms with Crippen LogP contribution in [0.15, 0.2) is 60.7 Å². The Labute approximate surface area is 376 Å². The van der Waals surface area contributed by atoms with Crippen molar-refractivity contribution in [3.63, 3.8) is 0 Å². The number of imide groups is 1. The van der Waals surface area contributed by atoms with Crippen molar-refractivity contribution in [1.29, 1.82) is 0 Å². The maximum atomic E-state index is 14.2. The Morgan fingerprint density at radius 2 is 1.52 bits per heavy atom. The Hall–Kier alpha value is -6.28. The summed E-state index contributed by atoms with van der Waals surface area (Å²) in [5.41, 5.74) is 10.8. The molecule has 2 heterocycles. The fourth-order valence-corrected chi connectivity index (χ4v) is 7.20. The highest BCUT2D eigenvalue weighted by Gasteiger charge is 2.38. The number of amides is 4. The summed E-state index contributed by atoms with van der Waals surface area (Å²) in [6.45, 7) is 15.5. The standard InChI is InChI=1S/C43H58N10O5.C2HF3O2/c1-7-52(8-2)25-9-24-45-39(54)37-23-22-35(28(3)47-37)31-14-10-29(11-15-31)26-36(44)41(56)53(34-20-18-32(19-21-34)38-48-50-51-49-38)40(55)33-16-12-30(13-17-33)27-46-42(57)58-43(4,5)6;3-2(4,5)1(6)7/h10-11,14-15,18-23,30,33,36H,7-9,12-13,16-17,24-27,44H2,1-6H3,(H,45,54)(H,46,57)(H,48,49,50,51);(H,6,7)/t30-,33-,36-;/m0./s1. The number of H-pyrrole nitrogens is 1. The SMILES string of the molecule is CCN(CC)CCCNC(=O)c1ccc(-c2ccc(C[C@H](N)C(=O)N(c3ccc(-c4nn[nH]n4)cc3)C(=O)[C@H]3CC[C@H](CNC(=O)OC(C)(C)C)CC3)cc2)c(C)n1.O=C(O)C(F)(F)F. The molecule has 0 saturated heterocycles. The van der Waals surface area contributed by atoms with Crippen LogP contribution in [-0.4, -0.2) is 116 Å². The summed E-state index contributed by atoms with van der Waals surface area (Å²) in [4.78, 5) is 70.4. The number of nitrogens with zero attached hydrogens (tertiary/aromatic N) is 6. The molecule has 1 aliphatic rings. The number of hydrogen-bond acceptors (Lipinski definition) is 12. The van der Waals surface area contributed by atoms with Gasteiger partial charge < -0.3 is 31.1 Å². The number of alkyl halides is 3. The van der Waals surface area contributed by atoms with Crippen molar-refractivity contribution in [2.75, 3.05) is 37.6 Å². The van der Waals surface area contributed by atoms with E-state index >= 15 is 0 Å². The van der Waals surface area contributed by atoms with Gasteiger partial charge in [-0.15, -0.1) is 10.2 Å². The molecule has 0 aliphatic heterocycles. The molecule has 352 valence electrons. The van der Waals surface area contributed by atoms with Crippen LogP contribution >= 0.6 is 0 Å². The topological polar surface area (TPSA) is 239 Å². The molecule has 0 bridgehead atoms. The van der Waals surface area contributed by atoms with Crippen LogP contribution in [0.4, 0.5) is 23.7 Å². The van der Waals surface area contributed by atoms with Crippen LogP contribution in [0.5, 0.6) is 0 Å². The van der Waals surface area contributed by atoms with E-state index in [0.29, 0.717) is 61.5 Å².